The van der Waals surface area contributed by atoms with Gasteiger partial charge in [-0.3, -0.25) is 0 Å². The Morgan fingerprint density at radius 2 is 1.72 bits per heavy atom. The van der Waals surface area contributed by atoms with Gasteiger partial charge in [-0.2, -0.15) is 4.31 Å². The van der Waals surface area contributed by atoms with Crippen molar-refractivity contribution in [1.29, 1.82) is 0 Å². The van der Waals surface area contributed by atoms with Crippen LogP contribution >= 0.6 is 0 Å². The van der Waals surface area contributed by atoms with Crippen LogP contribution in [0.2, 0.25) is 0 Å². The van der Waals surface area contributed by atoms with Crippen LogP contribution in [0, 0.1) is 6.92 Å². The van der Waals surface area contributed by atoms with E-state index in [0.717, 1.165) is 10.4 Å². The first-order chi connectivity index (χ1) is 8.43. The van der Waals surface area contributed by atoms with Gasteiger partial charge in [0.05, 0.1) is 18.1 Å². The summed E-state index contributed by atoms with van der Waals surface area (Å²) in [5.74, 6) is -0.146. The van der Waals surface area contributed by atoms with Crippen molar-refractivity contribution in [1.82, 2.24) is 4.31 Å². The van der Waals surface area contributed by atoms with E-state index in [9.17, 15) is 13.5 Å². The first-order valence-corrected chi connectivity index (χ1v) is 6.89. The van der Waals surface area contributed by atoms with Crippen molar-refractivity contribution in [2.24, 2.45) is 0 Å². The molecule has 0 aliphatic rings. The minimum absolute atomic E-state index is 0.0237. The average molecular weight is 275 g/mol. The summed E-state index contributed by atoms with van der Waals surface area (Å²) in [4.78, 5) is -0.0237. The van der Waals surface area contributed by atoms with Crippen molar-refractivity contribution in [3.63, 3.8) is 0 Å². The number of nitrogens with zero attached hydrogens (tertiary/aromatic N) is 1. The fraction of sp³-hybridized carbons (Fsp3) is 0.455. The molecule has 0 fully saturated rings. The predicted molar refractivity (Wildman–Crippen MR) is 65.8 cm³/mol. The fourth-order valence-corrected chi connectivity index (χ4v) is 3.25. The molecule has 6 nitrogen and oxygen atoms in total. The monoisotopic (exact) mass is 275 g/mol. The van der Waals surface area contributed by atoms with E-state index in [1.807, 2.05) is 0 Å². The van der Waals surface area contributed by atoms with Gasteiger partial charge in [-0.1, -0.05) is 6.07 Å². The molecule has 1 aromatic carbocycles. The maximum atomic E-state index is 12.3. The highest BCUT2D eigenvalue weighted by atomic mass is 32.2. The molecule has 0 radical (unpaired) electrons. The van der Waals surface area contributed by atoms with Crippen molar-refractivity contribution in [3.8, 4) is 5.75 Å². The zero-order chi connectivity index (χ0) is 13.8. The number of aliphatic hydroxyl groups is 2. The number of aromatic hydroxyl groups is 1. The first-order valence-electron chi connectivity index (χ1n) is 5.45. The molecule has 0 aliphatic carbocycles. The summed E-state index contributed by atoms with van der Waals surface area (Å²) in [5.41, 5.74) is 0.494. The smallest absolute Gasteiger partial charge is 0.243 e. The molecule has 0 saturated heterocycles. The lowest BCUT2D eigenvalue weighted by Crippen LogP contribution is -2.36. The largest absolute Gasteiger partial charge is 0.508 e. The van der Waals surface area contributed by atoms with Gasteiger partial charge in [0.1, 0.15) is 5.75 Å². The Kier molecular flexibility index (Phi) is 5.09. The Bertz CT molecular complexity index is 494. The molecule has 0 heterocycles. The van der Waals surface area contributed by atoms with E-state index in [0.29, 0.717) is 5.56 Å². The summed E-state index contributed by atoms with van der Waals surface area (Å²) >= 11 is 0. The van der Waals surface area contributed by atoms with E-state index < -0.39 is 10.0 Å². The number of hydrogen-bond donors (Lipinski definition) is 3. The molecule has 3 N–H and O–H groups in total. The Balaban J connectivity index is 3.21. The van der Waals surface area contributed by atoms with Gasteiger partial charge in [0.2, 0.25) is 10.0 Å². The van der Waals surface area contributed by atoms with Gasteiger partial charge < -0.3 is 15.3 Å². The van der Waals surface area contributed by atoms with Gasteiger partial charge in [-0.25, -0.2) is 8.42 Å². The predicted octanol–water partition coefficient (Wildman–Crippen LogP) is -0.324. The molecule has 0 atom stereocenters. The summed E-state index contributed by atoms with van der Waals surface area (Å²) in [6, 6.07) is 4.06. The molecule has 0 unspecified atom stereocenters. The van der Waals surface area contributed by atoms with Crippen molar-refractivity contribution in [2.75, 3.05) is 26.3 Å². The van der Waals surface area contributed by atoms with Crippen LogP contribution in [0.3, 0.4) is 0 Å². The van der Waals surface area contributed by atoms with E-state index in [1.165, 1.54) is 12.1 Å². The molecule has 0 saturated carbocycles. The minimum Gasteiger partial charge on any atom is -0.508 e. The quantitative estimate of drug-likeness (QED) is 0.661. The Hall–Kier alpha value is -1.15. The van der Waals surface area contributed by atoms with Crippen molar-refractivity contribution >= 4 is 10.0 Å². The SMILES string of the molecule is Cc1ccc(O)cc1S(=O)(=O)N(CCO)CCO. The van der Waals surface area contributed by atoms with E-state index in [4.69, 9.17) is 10.2 Å². The van der Waals surface area contributed by atoms with Crippen LogP contribution in [-0.2, 0) is 10.0 Å². The molecule has 102 valence electrons. The molecule has 1 rings (SSSR count). The number of sulfonamides is 1. The molecule has 0 bridgehead atoms. The summed E-state index contributed by atoms with van der Waals surface area (Å²) in [7, 11) is -3.83. The van der Waals surface area contributed by atoms with Crippen molar-refractivity contribution < 1.29 is 23.7 Å². The van der Waals surface area contributed by atoms with Crippen LogP contribution in [0.1, 0.15) is 5.56 Å². The number of hydrogen-bond acceptors (Lipinski definition) is 5. The molecular formula is C11H17NO5S. The third-order valence-corrected chi connectivity index (χ3v) is 4.53. The van der Waals surface area contributed by atoms with Gasteiger partial charge in [-0.05, 0) is 18.6 Å². The standard InChI is InChI=1S/C11H17NO5S/c1-9-2-3-10(15)8-11(9)18(16,17)12(4-6-13)5-7-14/h2-3,8,13-15H,4-7H2,1H3. The highest BCUT2D eigenvalue weighted by Gasteiger charge is 2.25. The third-order valence-electron chi connectivity index (χ3n) is 2.49. The second kappa shape index (κ2) is 6.14. The summed E-state index contributed by atoms with van der Waals surface area (Å²) in [5, 5.41) is 27.1. The number of aliphatic hydroxyl groups excluding tert-OH is 2. The van der Waals surface area contributed by atoms with Crippen molar-refractivity contribution in [3.05, 3.63) is 23.8 Å². The van der Waals surface area contributed by atoms with Crippen LogP contribution in [0.15, 0.2) is 23.1 Å². The average Bonchev–Trinajstić information content (AvgIpc) is 2.32. The maximum absolute atomic E-state index is 12.3. The summed E-state index contributed by atoms with van der Waals surface area (Å²) in [6.07, 6.45) is 0. The van der Waals surface area contributed by atoms with Gasteiger partial charge in [0, 0.05) is 19.2 Å². The highest BCUT2D eigenvalue weighted by Crippen LogP contribution is 2.23. The lowest BCUT2D eigenvalue weighted by atomic mass is 10.2. The van der Waals surface area contributed by atoms with Crippen LogP contribution in [0.25, 0.3) is 0 Å². The zero-order valence-corrected chi connectivity index (χ0v) is 10.9. The Morgan fingerprint density at radius 3 is 2.22 bits per heavy atom. The second-order valence-corrected chi connectivity index (χ2v) is 5.71. The highest BCUT2D eigenvalue weighted by molar-refractivity contribution is 7.89. The topological polar surface area (TPSA) is 98.1 Å². The van der Waals surface area contributed by atoms with Crippen LogP contribution in [0.5, 0.6) is 5.75 Å². The van der Waals surface area contributed by atoms with Gasteiger partial charge >= 0.3 is 0 Å². The van der Waals surface area contributed by atoms with Crippen molar-refractivity contribution in [2.45, 2.75) is 11.8 Å². The zero-order valence-electron chi connectivity index (χ0n) is 10.1. The maximum Gasteiger partial charge on any atom is 0.243 e. The fourth-order valence-electron chi connectivity index (χ4n) is 1.58. The molecule has 0 aliphatic heterocycles. The number of phenols is 1. The lowest BCUT2D eigenvalue weighted by molar-refractivity contribution is 0.217. The third kappa shape index (κ3) is 3.20. The van der Waals surface area contributed by atoms with E-state index in [2.05, 4.69) is 0 Å². The summed E-state index contributed by atoms with van der Waals surface area (Å²) < 4.78 is 25.5. The Labute approximate surface area is 106 Å². The normalized spacial score (nSPS) is 12.0. The van der Waals surface area contributed by atoms with Crippen LogP contribution in [-0.4, -0.2) is 54.3 Å². The number of rotatable bonds is 6. The molecule has 0 amide bonds. The lowest BCUT2D eigenvalue weighted by Gasteiger charge is -2.21. The molecule has 0 spiro atoms. The molecule has 18 heavy (non-hydrogen) atoms. The van der Waals surface area contributed by atoms with Crippen LogP contribution in [0.4, 0.5) is 0 Å². The summed E-state index contributed by atoms with van der Waals surface area (Å²) in [6.45, 7) is 0.743. The Morgan fingerprint density at radius 1 is 1.17 bits per heavy atom. The van der Waals surface area contributed by atoms with Crippen LogP contribution < -0.4 is 0 Å². The number of aryl methyl sites for hydroxylation is 1. The van der Waals surface area contributed by atoms with E-state index in [1.54, 1.807) is 6.92 Å². The molecule has 0 aromatic heterocycles. The minimum atomic E-state index is -3.83. The van der Waals surface area contributed by atoms with E-state index in [-0.39, 0.29) is 36.9 Å². The van der Waals surface area contributed by atoms with E-state index >= 15 is 0 Å². The first kappa shape index (κ1) is 14.9. The van der Waals surface area contributed by atoms with Gasteiger partial charge in [0.25, 0.3) is 0 Å². The second-order valence-electron chi connectivity index (χ2n) is 3.80. The van der Waals surface area contributed by atoms with Gasteiger partial charge in [-0.15, -0.1) is 0 Å². The molecule has 7 heteroatoms. The molecule has 1 aromatic rings. The number of benzene rings is 1. The van der Waals surface area contributed by atoms with Gasteiger partial charge in [0.15, 0.2) is 0 Å². The number of phenolic OH excluding ortho intramolecular Hbond substituents is 1. The molecular weight excluding hydrogens is 258 g/mol.